The Morgan fingerprint density at radius 3 is 2.24 bits per heavy atom. The number of benzene rings is 2. The third kappa shape index (κ3) is 6.50. The van der Waals surface area contributed by atoms with Crippen molar-refractivity contribution < 1.29 is 35.9 Å². The van der Waals surface area contributed by atoms with Crippen LogP contribution in [0.15, 0.2) is 76.6 Å². The van der Waals surface area contributed by atoms with E-state index >= 15 is 0 Å². The number of carbonyl (C=O) groups excluding carboxylic acids is 1. The fraction of sp³-hybridized carbons (Fsp3) is 0.280. The first kappa shape index (κ1) is 26.3. The predicted octanol–water partition coefficient (Wildman–Crippen LogP) is 4.30. The molecule has 2 aromatic carbocycles. The number of nitrogens with zero attached hydrogens (tertiary/aromatic N) is 2. The second kappa shape index (κ2) is 10.3. The van der Waals surface area contributed by atoms with Crippen molar-refractivity contribution in [3.8, 4) is 17.2 Å². The summed E-state index contributed by atoms with van der Waals surface area (Å²) < 4.78 is 74.2. The van der Waals surface area contributed by atoms with Crippen LogP contribution in [0.2, 0.25) is 0 Å². The number of hydrogen-bond acceptors (Lipinski definition) is 6. The molecule has 0 saturated carbocycles. The van der Waals surface area contributed by atoms with E-state index in [1.807, 2.05) is 0 Å². The lowest BCUT2D eigenvalue weighted by Crippen LogP contribution is -2.43. The second-order valence-corrected chi connectivity index (χ2v) is 10.6. The second-order valence-electron chi connectivity index (χ2n) is 8.53. The number of hydrogen-bond donors (Lipinski definition) is 0. The van der Waals surface area contributed by atoms with Crippen LogP contribution in [-0.2, 0) is 16.0 Å². The maximum Gasteiger partial charge on any atom is 0.416 e. The number of rotatable bonds is 5. The summed E-state index contributed by atoms with van der Waals surface area (Å²) >= 11 is 0. The van der Waals surface area contributed by atoms with Crippen LogP contribution >= 0.6 is 0 Å². The molecule has 8 nitrogen and oxygen atoms in total. The molecule has 1 fully saturated rings. The average Bonchev–Trinajstić information content (AvgIpc) is 2.84. The Kier molecular flexibility index (Phi) is 7.30. The lowest BCUT2D eigenvalue weighted by molar-refractivity contribution is -0.137. The van der Waals surface area contributed by atoms with E-state index in [9.17, 15) is 31.2 Å². The number of likely N-dealkylation sites (tertiary alicyclic amines) is 1. The highest BCUT2D eigenvalue weighted by Gasteiger charge is 2.31. The van der Waals surface area contributed by atoms with E-state index in [0.717, 1.165) is 18.4 Å². The van der Waals surface area contributed by atoms with Gasteiger partial charge in [-0.2, -0.15) is 13.2 Å². The number of halogens is 3. The van der Waals surface area contributed by atoms with Crippen molar-refractivity contribution >= 4 is 15.9 Å². The van der Waals surface area contributed by atoms with Crippen molar-refractivity contribution in [2.24, 2.45) is 0 Å². The van der Waals surface area contributed by atoms with E-state index in [2.05, 4.69) is 0 Å². The smallest absolute Gasteiger partial charge is 0.416 e. The molecule has 0 N–H and O–H groups in total. The summed E-state index contributed by atoms with van der Waals surface area (Å²) in [5, 5.41) is 0. The molecule has 1 saturated heterocycles. The van der Waals surface area contributed by atoms with Gasteiger partial charge in [-0.1, -0.05) is 6.07 Å². The molecule has 1 aliphatic heterocycles. The molecule has 0 atom stereocenters. The van der Waals surface area contributed by atoms with Gasteiger partial charge in [-0.15, -0.1) is 0 Å². The van der Waals surface area contributed by atoms with E-state index in [0.29, 0.717) is 24.3 Å². The van der Waals surface area contributed by atoms with Gasteiger partial charge in [-0.25, -0.2) is 13.2 Å². The van der Waals surface area contributed by atoms with Gasteiger partial charge in [0.1, 0.15) is 17.6 Å². The Morgan fingerprint density at radius 1 is 0.973 bits per heavy atom. The van der Waals surface area contributed by atoms with E-state index < -0.39 is 27.7 Å². The number of ether oxygens (including phenoxy) is 2. The van der Waals surface area contributed by atoms with Crippen LogP contribution in [0.25, 0.3) is 5.69 Å². The lowest BCUT2D eigenvalue weighted by atomic mass is 10.1. The van der Waals surface area contributed by atoms with Crippen molar-refractivity contribution in [3.63, 3.8) is 0 Å². The van der Waals surface area contributed by atoms with Gasteiger partial charge in [0, 0.05) is 50.1 Å². The molecule has 37 heavy (non-hydrogen) atoms. The number of piperidine rings is 1. The molecule has 196 valence electrons. The van der Waals surface area contributed by atoms with Gasteiger partial charge >= 0.3 is 12.3 Å². The number of aromatic nitrogens is 1. The van der Waals surface area contributed by atoms with Crippen molar-refractivity contribution in [2.45, 2.75) is 30.0 Å². The van der Waals surface area contributed by atoms with Crippen LogP contribution in [0, 0.1) is 0 Å². The highest BCUT2D eigenvalue weighted by Crippen LogP contribution is 2.31. The van der Waals surface area contributed by atoms with E-state index in [1.54, 1.807) is 6.07 Å². The highest BCUT2D eigenvalue weighted by molar-refractivity contribution is 7.90. The summed E-state index contributed by atoms with van der Waals surface area (Å²) in [5.41, 5.74) is -0.777. The number of alkyl halides is 3. The quantitative estimate of drug-likeness (QED) is 0.483. The minimum Gasteiger partial charge on any atom is -0.490 e. The fourth-order valence-corrected chi connectivity index (χ4v) is 4.48. The molecule has 0 radical (unpaired) electrons. The number of pyridine rings is 1. The molecular formula is C25H23F3N2O6S. The Balaban J connectivity index is 1.33. The van der Waals surface area contributed by atoms with Crippen molar-refractivity contribution in [1.82, 2.24) is 9.47 Å². The number of sulfone groups is 1. The van der Waals surface area contributed by atoms with Gasteiger partial charge in [0.25, 0.3) is 5.56 Å². The van der Waals surface area contributed by atoms with E-state index in [1.165, 1.54) is 58.1 Å². The van der Waals surface area contributed by atoms with E-state index in [4.69, 9.17) is 9.47 Å². The third-order valence-electron chi connectivity index (χ3n) is 5.80. The average molecular weight is 537 g/mol. The Bertz CT molecular complexity index is 1440. The van der Waals surface area contributed by atoms with Crippen LogP contribution < -0.4 is 15.0 Å². The SMILES string of the molecule is CS(=O)(=O)c1ccc(-n2ccc(OC3CCN(C(=O)Oc4cccc(C(F)(F)F)c4)CC3)cc2=O)cc1. The van der Waals surface area contributed by atoms with Crippen molar-refractivity contribution in [3.05, 3.63) is 82.8 Å². The van der Waals surface area contributed by atoms with Crippen LogP contribution in [-0.4, -0.2) is 49.4 Å². The molecule has 4 rings (SSSR count). The van der Waals surface area contributed by atoms with Gasteiger partial charge in [0.2, 0.25) is 0 Å². The Labute approximate surface area is 210 Å². The van der Waals surface area contributed by atoms with Crippen LogP contribution in [0.1, 0.15) is 18.4 Å². The Hall–Kier alpha value is -3.80. The minimum absolute atomic E-state index is 0.148. The normalized spacial score (nSPS) is 14.9. The van der Waals surface area contributed by atoms with Crippen molar-refractivity contribution in [2.75, 3.05) is 19.3 Å². The van der Waals surface area contributed by atoms with Crippen molar-refractivity contribution in [1.29, 1.82) is 0 Å². The molecule has 1 amide bonds. The molecule has 0 bridgehead atoms. The molecule has 2 heterocycles. The summed E-state index contributed by atoms with van der Waals surface area (Å²) in [4.78, 5) is 26.5. The van der Waals surface area contributed by atoms with Gasteiger partial charge in [0.05, 0.1) is 10.5 Å². The molecule has 1 aliphatic rings. The van der Waals surface area contributed by atoms with Crippen LogP contribution in [0.5, 0.6) is 11.5 Å². The predicted molar refractivity (Wildman–Crippen MR) is 128 cm³/mol. The standard InChI is InChI=1S/C25H23F3N2O6S/c1-37(33,34)22-7-5-18(6-8-22)30-14-11-21(16-23(30)31)35-19-9-12-29(13-10-19)24(32)36-20-4-2-3-17(15-20)25(26,27)28/h2-8,11,14-16,19H,9-10,12-13H2,1H3. The lowest BCUT2D eigenvalue weighted by Gasteiger charge is -2.31. The summed E-state index contributed by atoms with van der Waals surface area (Å²) in [6.45, 7) is 0.540. The molecule has 1 aromatic heterocycles. The van der Waals surface area contributed by atoms with E-state index in [-0.39, 0.29) is 35.4 Å². The maximum atomic E-state index is 12.9. The maximum absolute atomic E-state index is 12.9. The number of amides is 1. The molecular weight excluding hydrogens is 513 g/mol. The summed E-state index contributed by atoms with van der Waals surface area (Å²) in [6.07, 6.45) is -2.06. The zero-order valence-corrected chi connectivity index (χ0v) is 20.5. The third-order valence-corrected chi connectivity index (χ3v) is 6.93. The van der Waals surface area contributed by atoms with Gasteiger partial charge in [-0.05, 0) is 48.5 Å². The van der Waals surface area contributed by atoms with Gasteiger partial charge in [-0.3, -0.25) is 9.36 Å². The molecule has 0 spiro atoms. The monoisotopic (exact) mass is 536 g/mol. The topological polar surface area (TPSA) is 94.9 Å². The first-order valence-corrected chi connectivity index (χ1v) is 13.1. The highest BCUT2D eigenvalue weighted by atomic mass is 32.2. The first-order chi connectivity index (χ1) is 17.4. The summed E-state index contributed by atoms with van der Waals surface area (Å²) in [7, 11) is -3.35. The fourth-order valence-electron chi connectivity index (χ4n) is 3.85. The van der Waals surface area contributed by atoms with Crippen LogP contribution in [0.3, 0.4) is 0 Å². The van der Waals surface area contributed by atoms with Crippen LogP contribution in [0.4, 0.5) is 18.0 Å². The molecule has 12 heteroatoms. The molecule has 3 aromatic rings. The molecule has 0 unspecified atom stereocenters. The van der Waals surface area contributed by atoms with Gasteiger partial charge in [0.15, 0.2) is 9.84 Å². The number of carbonyl (C=O) groups is 1. The van der Waals surface area contributed by atoms with Gasteiger partial charge < -0.3 is 14.4 Å². The Morgan fingerprint density at radius 2 is 1.65 bits per heavy atom. The first-order valence-electron chi connectivity index (χ1n) is 11.2. The largest absolute Gasteiger partial charge is 0.490 e. The zero-order chi connectivity index (χ0) is 26.8. The zero-order valence-electron chi connectivity index (χ0n) is 19.6. The summed E-state index contributed by atoms with van der Waals surface area (Å²) in [5.74, 6) is 0.156. The summed E-state index contributed by atoms with van der Waals surface area (Å²) in [6, 6.07) is 13.0. The molecule has 0 aliphatic carbocycles. The minimum atomic E-state index is -4.54.